The van der Waals surface area contributed by atoms with Gasteiger partial charge in [-0.3, -0.25) is 0 Å². The molecule has 0 aromatic heterocycles. The van der Waals surface area contributed by atoms with Gasteiger partial charge in [-0.2, -0.15) is 0 Å². The third kappa shape index (κ3) is 4.06. The molecule has 1 saturated heterocycles. The van der Waals surface area contributed by atoms with Crippen LogP contribution in [-0.2, 0) is 0 Å². The van der Waals surface area contributed by atoms with E-state index in [1.807, 2.05) is 0 Å². The number of nitrogens with one attached hydrogen (secondary N) is 2. The van der Waals surface area contributed by atoms with Crippen molar-refractivity contribution in [1.29, 1.82) is 0 Å². The van der Waals surface area contributed by atoms with Gasteiger partial charge in [0.05, 0.1) is 0 Å². The van der Waals surface area contributed by atoms with E-state index in [1.54, 1.807) is 0 Å². The Labute approximate surface area is 101 Å². The molecule has 0 amide bonds. The third-order valence-corrected chi connectivity index (χ3v) is 4.27. The Bertz CT molecular complexity index is 180. The first-order chi connectivity index (χ1) is 7.84. The molecule has 1 aliphatic carbocycles. The van der Waals surface area contributed by atoms with Gasteiger partial charge in [0, 0.05) is 12.1 Å². The van der Waals surface area contributed by atoms with E-state index < -0.39 is 0 Å². The lowest BCUT2D eigenvalue weighted by atomic mass is 10.0. The van der Waals surface area contributed by atoms with Crippen LogP contribution in [0.5, 0.6) is 0 Å². The summed E-state index contributed by atoms with van der Waals surface area (Å²) in [4.78, 5) is 0. The highest BCUT2D eigenvalue weighted by molar-refractivity contribution is 4.78. The monoisotopic (exact) mass is 224 g/mol. The molecular formula is C14H28N2. The number of rotatable bonds is 5. The number of piperidine rings is 1. The summed E-state index contributed by atoms with van der Waals surface area (Å²) in [5.74, 6) is 0.956. The van der Waals surface area contributed by atoms with E-state index in [0.717, 1.165) is 18.0 Å². The molecule has 0 radical (unpaired) electrons. The topological polar surface area (TPSA) is 24.1 Å². The predicted molar refractivity (Wildman–Crippen MR) is 69.7 cm³/mol. The van der Waals surface area contributed by atoms with Gasteiger partial charge in [0.1, 0.15) is 0 Å². The van der Waals surface area contributed by atoms with Crippen LogP contribution >= 0.6 is 0 Å². The first-order valence-corrected chi connectivity index (χ1v) is 7.31. The second-order valence-corrected chi connectivity index (χ2v) is 5.86. The molecule has 94 valence electrons. The molecule has 1 aliphatic heterocycles. The Hall–Kier alpha value is -0.0800. The fraction of sp³-hybridized carbons (Fsp3) is 1.00. The quantitative estimate of drug-likeness (QED) is 0.702. The van der Waals surface area contributed by atoms with Gasteiger partial charge in [-0.25, -0.2) is 0 Å². The number of hydrogen-bond donors (Lipinski definition) is 2. The highest BCUT2D eigenvalue weighted by atomic mass is 14.9. The zero-order chi connectivity index (χ0) is 11.2. The lowest BCUT2D eigenvalue weighted by Crippen LogP contribution is -2.35. The molecule has 2 rings (SSSR count). The molecule has 16 heavy (non-hydrogen) atoms. The summed E-state index contributed by atoms with van der Waals surface area (Å²) in [6.45, 7) is 4.86. The summed E-state index contributed by atoms with van der Waals surface area (Å²) in [5.41, 5.74) is 0. The fourth-order valence-electron chi connectivity index (χ4n) is 3.22. The molecule has 0 bridgehead atoms. The van der Waals surface area contributed by atoms with Gasteiger partial charge in [0.15, 0.2) is 0 Å². The average Bonchev–Trinajstić information content (AvgIpc) is 2.72. The molecule has 2 heteroatoms. The largest absolute Gasteiger partial charge is 0.314 e. The van der Waals surface area contributed by atoms with E-state index in [9.17, 15) is 0 Å². The molecule has 2 N–H and O–H groups in total. The van der Waals surface area contributed by atoms with Gasteiger partial charge >= 0.3 is 0 Å². The maximum Gasteiger partial charge on any atom is 0.00696 e. The van der Waals surface area contributed by atoms with Crippen molar-refractivity contribution in [2.45, 2.75) is 70.4 Å². The van der Waals surface area contributed by atoms with Gasteiger partial charge < -0.3 is 10.6 Å². The second-order valence-electron chi connectivity index (χ2n) is 5.86. The lowest BCUT2D eigenvalue weighted by molar-refractivity contribution is 0.368. The van der Waals surface area contributed by atoms with Gasteiger partial charge in [-0.15, -0.1) is 0 Å². The van der Waals surface area contributed by atoms with Crippen LogP contribution in [0.15, 0.2) is 0 Å². The van der Waals surface area contributed by atoms with Crippen LogP contribution in [-0.4, -0.2) is 25.2 Å². The molecule has 0 spiro atoms. The Morgan fingerprint density at radius 2 is 2.12 bits per heavy atom. The SMILES string of the molecule is CC1CCC(NCCCC2CCCCN2)C1. The first-order valence-electron chi connectivity index (χ1n) is 7.31. The molecule has 3 unspecified atom stereocenters. The van der Waals surface area contributed by atoms with Crippen LogP contribution in [0.25, 0.3) is 0 Å². The Balaban J connectivity index is 1.48. The number of hydrogen-bond acceptors (Lipinski definition) is 2. The molecule has 0 aromatic carbocycles. The van der Waals surface area contributed by atoms with Gasteiger partial charge in [-0.05, 0) is 64.0 Å². The molecular weight excluding hydrogens is 196 g/mol. The van der Waals surface area contributed by atoms with Crippen LogP contribution in [0.2, 0.25) is 0 Å². The van der Waals surface area contributed by atoms with Crippen molar-refractivity contribution in [2.75, 3.05) is 13.1 Å². The van der Waals surface area contributed by atoms with Crippen molar-refractivity contribution in [3.05, 3.63) is 0 Å². The van der Waals surface area contributed by atoms with E-state index in [4.69, 9.17) is 0 Å². The Kier molecular flexibility index (Phi) is 5.11. The summed E-state index contributed by atoms with van der Waals surface area (Å²) in [5, 5.41) is 7.35. The van der Waals surface area contributed by atoms with Crippen molar-refractivity contribution in [1.82, 2.24) is 10.6 Å². The van der Waals surface area contributed by atoms with Crippen molar-refractivity contribution in [3.8, 4) is 0 Å². The van der Waals surface area contributed by atoms with Crippen LogP contribution in [0.1, 0.15) is 58.3 Å². The van der Waals surface area contributed by atoms with E-state index in [-0.39, 0.29) is 0 Å². The lowest BCUT2D eigenvalue weighted by Gasteiger charge is -2.23. The summed E-state index contributed by atoms with van der Waals surface area (Å²) < 4.78 is 0. The second kappa shape index (κ2) is 6.61. The minimum absolute atomic E-state index is 0.818. The van der Waals surface area contributed by atoms with Crippen molar-refractivity contribution >= 4 is 0 Å². The third-order valence-electron chi connectivity index (χ3n) is 4.27. The van der Waals surface area contributed by atoms with E-state index in [0.29, 0.717) is 0 Å². The van der Waals surface area contributed by atoms with Crippen molar-refractivity contribution < 1.29 is 0 Å². The summed E-state index contributed by atoms with van der Waals surface area (Å²) in [6.07, 6.45) is 11.2. The zero-order valence-electron chi connectivity index (χ0n) is 10.8. The Morgan fingerprint density at radius 3 is 2.81 bits per heavy atom. The van der Waals surface area contributed by atoms with Crippen LogP contribution in [0.4, 0.5) is 0 Å². The van der Waals surface area contributed by atoms with E-state index in [1.165, 1.54) is 64.5 Å². The Morgan fingerprint density at radius 1 is 1.19 bits per heavy atom. The minimum Gasteiger partial charge on any atom is -0.314 e. The maximum atomic E-state index is 3.72. The molecule has 2 aliphatic rings. The fourth-order valence-corrected chi connectivity index (χ4v) is 3.22. The predicted octanol–water partition coefficient (Wildman–Crippen LogP) is 2.69. The first kappa shape index (κ1) is 12.4. The molecule has 3 atom stereocenters. The van der Waals surface area contributed by atoms with Crippen LogP contribution in [0, 0.1) is 5.92 Å². The van der Waals surface area contributed by atoms with E-state index in [2.05, 4.69) is 17.6 Å². The molecule has 1 saturated carbocycles. The van der Waals surface area contributed by atoms with Gasteiger partial charge in [-0.1, -0.05) is 13.3 Å². The van der Waals surface area contributed by atoms with Crippen LogP contribution < -0.4 is 10.6 Å². The highest BCUT2D eigenvalue weighted by Crippen LogP contribution is 2.24. The highest BCUT2D eigenvalue weighted by Gasteiger charge is 2.20. The van der Waals surface area contributed by atoms with Crippen LogP contribution in [0.3, 0.4) is 0 Å². The van der Waals surface area contributed by atoms with Gasteiger partial charge in [0.2, 0.25) is 0 Å². The molecule has 1 heterocycles. The summed E-state index contributed by atoms with van der Waals surface area (Å²) in [6, 6.07) is 1.65. The van der Waals surface area contributed by atoms with Crippen molar-refractivity contribution in [3.63, 3.8) is 0 Å². The maximum absolute atomic E-state index is 3.72. The molecule has 0 aromatic rings. The standard InChI is InChI=1S/C14H28N2/c1-12-7-8-14(11-12)16-10-4-6-13-5-2-3-9-15-13/h12-16H,2-11H2,1H3. The van der Waals surface area contributed by atoms with Crippen molar-refractivity contribution in [2.24, 2.45) is 5.92 Å². The summed E-state index contributed by atoms with van der Waals surface area (Å²) >= 11 is 0. The van der Waals surface area contributed by atoms with Gasteiger partial charge in [0.25, 0.3) is 0 Å². The molecule has 2 nitrogen and oxygen atoms in total. The van der Waals surface area contributed by atoms with E-state index >= 15 is 0 Å². The normalized spacial score (nSPS) is 35.4. The zero-order valence-corrected chi connectivity index (χ0v) is 10.8. The molecule has 2 fully saturated rings. The smallest absolute Gasteiger partial charge is 0.00696 e. The summed E-state index contributed by atoms with van der Waals surface area (Å²) in [7, 11) is 0. The minimum atomic E-state index is 0.818. The average molecular weight is 224 g/mol.